The normalized spacial score (nSPS) is 47.6. The second-order valence-electron chi connectivity index (χ2n) is 11.9. The second-order valence-corrected chi connectivity index (χ2v) is 12.3. The van der Waals surface area contributed by atoms with Gasteiger partial charge in [-0.15, -0.1) is 0 Å². The molecule has 0 spiro atoms. The molecule has 4 unspecified atom stereocenters. The van der Waals surface area contributed by atoms with Crippen molar-refractivity contribution in [2.45, 2.75) is 96.9 Å². The Hall–Kier alpha value is -0.850. The molecule has 0 aromatic carbocycles. The first-order chi connectivity index (χ1) is 15.5. The van der Waals surface area contributed by atoms with Crippen molar-refractivity contribution in [2.75, 3.05) is 7.11 Å². The quantitative estimate of drug-likeness (QED) is 0.425. The summed E-state index contributed by atoms with van der Waals surface area (Å²) in [6, 6.07) is 0. The van der Waals surface area contributed by atoms with Crippen molar-refractivity contribution in [3.8, 4) is 0 Å². The summed E-state index contributed by atoms with van der Waals surface area (Å²) in [6.45, 7) is 6.78. The summed E-state index contributed by atoms with van der Waals surface area (Å²) in [4.78, 5) is 23.0. The maximum absolute atomic E-state index is 11.7. The number of hydrogen-bond donors (Lipinski definition) is 2. The van der Waals surface area contributed by atoms with Gasteiger partial charge in [-0.2, -0.15) is 0 Å². The number of esters is 1. The van der Waals surface area contributed by atoms with Gasteiger partial charge in [-0.3, -0.25) is 4.79 Å². The van der Waals surface area contributed by atoms with E-state index in [0.717, 1.165) is 44.9 Å². The van der Waals surface area contributed by atoms with Crippen molar-refractivity contribution < 1.29 is 29.3 Å². The molecule has 4 aliphatic rings. The molecule has 4 fully saturated rings. The van der Waals surface area contributed by atoms with Gasteiger partial charge in [0.1, 0.15) is 6.10 Å². The minimum atomic E-state index is -0.750. The lowest BCUT2D eigenvalue weighted by atomic mass is 9.43. The SMILES string of the molecule is COC(=O)CCC(C)[C@H]1CCC2C3C(C[C@H](O)[C@@]21C)[C@@]1(C)CC[C@@H](OC(=O)Cl)C[C@H]1C[C@H]3O. The summed E-state index contributed by atoms with van der Waals surface area (Å²) in [6.07, 6.45) is 6.11. The van der Waals surface area contributed by atoms with E-state index in [1.54, 1.807) is 0 Å². The molecule has 0 saturated heterocycles. The van der Waals surface area contributed by atoms with E-state index in [-0.39, 0.29) is 46.6 Å². The first-order valence-electron chi connectivity index (χ1n) is 12.8. The molecule has 11 atom stereocenters. The van der Waals surface area contributed by atoms with E-state index in [0.29, 0.717) is 24.7 Å². The molecular weight excluding hydrogens is 444 g/mol. The Morgan fingerprint density at radius 2 is 1.82 bits per heavy atom. The zero-order chi connectivity index (χ0) is 24.1. The number of rotatable bonds is 5. The molecule has 6 nitrogen and oxygen atoms in total. The molecule has 188 valence electrons. The largest absolute Gasteiger partial charge is 0.469 e. The average molecular weight is 485 g/mol. The van der Waals surface area contributed by atoms with E-state index in [9.17, 15) is 19.8 Å². The first kappa shape index (κ1) is 25.2. The molecule has 2 N–H and O–H groups in total. The summed E-state index contributed by atoms with van der Waals surface area (Å²) in [7, 11) is 1.43. The summed E-state index contributed by atoms with van der Waals surface area (Å²) in [5.74, 6) is 1.46. The van der Waals surface area contributed by atoms with Gasteiger partial charge < -0.3 is 19.7 Å². The maximum Gasteiger partial charge on any atom is 0.404 e. The van der Waals surface area contributed by atoms with E-state index in [2.05, 4.69) is 20.8 Å². The summed E-state index contributed by atoms with van der Waals surface area (Å²) in [5.41, 5.74) is -0.970. The van der Waals surface area contributed by atoms with Crippen molar-refractivity contribution in [3.63, 3.8) is 0 Å². The van der Waals surface area contributed by atoms with Crippen LogP contribution in [0.4, 0.5) is 4.79 Å². The van der Waals surface area contributed by atoms with Crippen molar-refractivity contribution in [1.82, 2.24) is 0 Å². The van der Waals surface area contributed by atoms with Gasteiger partial charge in [-0.1, -0.05) is 20.8 Å². The van der Waals surface area contributed by atoms with Crippen LogP contribution in [0.15, 0.2) is 0 Å². The molecular formula is C26H41ClO6. The summed E-state index contributed by atoms with van der Waals surface area (Å²) in [5, 5.41) is 23.1. The first-order valence-corrected chi connectivity index (χ1v) is 13.2. The van der Waals surface area contributed by atoms with Crippen LogP contribution in [0, 0.1) is 46.3 Å². The molecule has 4 aliphatic carbocycles. The van der Waals surface area contributed by atoms with Crippen LogP contribution in [0.1, 0.15) is 78.6 Å². The Morgan fingerprint density at radius 3 is 2.48 bits per heavy atom. The van der Waals surface area contributed by atoms with E-state index in [1.165, 1.54) is 7.11 Å². The topological polar surface area (TPSA) is 93.1 Å². The molecule has 0 amide bonds. The molecule has 0 radical (unpaired) electrons. The van der Waals surface area contributed by atoms with Crippen LogP contribution in [0.25, 0.3) is 0 Å². The van der Waals surface area contributed by atoms with Crippen LogP contribution in [0.5, 0.6) is 0 Å². The van der Waals surface area contributed by atoms with Gasteiger partial charge in [0.25, 0.3) is 0 Å². The zero-order valence-electron chi connectivity index (χ0n) is 20.5. The number of fused-ring (bicyclic) bond motifs is 5. The fourth-order valence-corrected chi connectivity index (χ4v) is 9.13. The Kier molecular flexibility index (Phi) is 7.12. The number of ether oxygens (including phenoxy) is 2. The summed E-state index contributed by atoms with van der Waals surface area (Å²) >= 11 is 5.47. The van der Waals surface area contributed by atoms with Crippen LogP contribution in [-0.2, 0) is 14.3 Å². The van der Waals surface area contributed by atoms with Gasteiger partial charge >= 0.3 is 11.4 Å². The third kappa shape index (κ3) is 4.23. The fourth-order valence-electron chi connectivity index (χ4n) is 9.00. The number of aliphatic hydroxyl groups is 2. The molecule has 0 aliphatic heterocycles. The maximum atomic E-state index is 11.7. The smallest absolute Gasteiger partial charge is 0.404 e. The number of methoxy groups -OCH3 is 1. The van der Waals surface area contributed by atoms with Gasteiger partial charge in [-0.05, 0) is 97.7 Å². The van der Waals surface area contributed by atoms with Gasteiger partial charge in [0.15, 0.2) is 0 Å². The number of aliphatic hydroxyl groups excluding tert-OH is 2. The van der Waals surface area contributed by atoms with E-state index >= 15 is 0 Å². The van der Waals surface area contributed by atoms with Crippen LogP contribution < -0.4 is 0 Å². The lowest BCUT2D eigenvalue weighted by Gasteiger charge is -2.63. The Labute approximate surface area is 202 Å². The fraction of sp³-hybridized carbons (Fsp3) is 0.923. The highest BCUT2D eigenvalue weighted by atomic mass is 35.5. The lowest BCUT2D eigenvalue weighted by molar-refractivity contribution is -0.206. The number of hydrogen-bond acceptors (Lipinski definition) is 6. The molecule has 33 heavy (non-hydrogen) atoms. The minimum Gasteiger partial charge on any atom is -0.469 e. The van der Waals surface area contributed by atoms with Gasteiger partial charge in [0.2, 0.25) is 0 Å². The average Bonchev–Trinajstić information content (AvgIpc) is 3.11. The predicted molar refractivity (Wildman–Crippen MR) is 125 cm³/mol. The lowest BCUT2D eigenvalue weighted by Crippen LogP contribution is -2.62. The highest BCUT2D eigenvalue weighted by Crippen LogP contribution is 2.68. The number of carbonyl (C=O) groups is 2. The zero-order valence-corrected chi connectivity index (χ0v) is 21.2. The third-order valence-corrected chi connectivity index (χ3v) is 10.9. The van der Waals surface area contributed by atoms with Gasteiger partial charge in [0, 0.05) is 18.0 Å². The van der Waals surface area contributed by atoms with Crippen LogP contribution in [0.3, 0.4) is 0 Å². The van der Waals surface area contributed by atoms with Gasteiger partial charge in [-0.25, -0.2) is 4.79 Å². The van der Waals surface area contributed by atoms with Crippen LogP contribution in [0.2, 0.25) is 0 Å². The summed E-state index contributed by atoms with van der Waals surface area (Å²) < 4.78 is 10.1. The molecule has 0 aromatic rings. The number of carbonyl (C=O) groups excluding carboxylic acids is 2. The number of halogens is 1. The standard InChI is InChI=1S/C26H41ClO6/c1-14(5-8-22(30)32-4)17-6-7-18-23-19(13-21(29)26(17,18)3)25(2)10-9-16(33-24(27)31)11-15(25)12-20(23)28/h14-21,23,28-29H,5-13H2,1-4H3/t14?,15-,16+,17+,18?,19?,20+,21-,23?,25-,26+/m0/s1. The molecule has 4 saturated carbocycles. The third-order valence-electron chi connectivity index (χ3n) is 10.8. The minimum absolute atomic E-state index is 0.0238. The monoisotopic (exact) mass is 484 g/mol. The van der Waals surface area contributed by atoms with E-state index in [1.807, 2.05) is 0 Å². The molecule has 0 heterocycles. The van der Waals surface area contributed by atoms with Crippen molar-refractivity contribution >= 4 is 23.0 Å². The van der Waals surface area contributed by atoms with Crippen molar-refractivity contribution in [3.05, 3.63) is 0 Å². The van der Waals surface area contributed by atoms with Crippen LogP contribution >= 0.6 is 11.6 Å². The molecule has 0 bridgehead atoms. The Balaban J connectivity index is 1.54. The molecule has 4 rings (SSSR count). The Bertz CT molecular complexity index is 759. The molecule has 0 aromatic heterocycles. The van der Waals surface area contributed by atoms with E-state index < -0.39 is 17.6 Å². The highest BCUT2D eigenvalue weighted by Gasteiger charge is 2.65. The molecule has 7 heteroatoms. The second kappa shape index (κ2) is 9.31. The van der Waals surface area contributed by atoms with Crippen molar-refractivity contribution in [1.29, 1.82) is 0 Å². The van der Waals surface area contributed by atoms with Crippen molar-refractivity contribution in [2.24, 2.45) is 46.3 Å². The van der Waals surface area contributed by atoms with E-state index in [4.69, 9.17) is 21.1 Å². The highest BCUT2D eigenvalue weighted by molar-refractivity contribution is 6.61. The van der Waals surface area contributed by atoms with Gasteiger partial charge in [0.05, 0.1) is 19.3 Å². The Morgan fingerprint density at radius 1 is 1.09 bits per heavy atom. The van der Waals surface area contributed by atoms with Crippen LogP contribution in [-0.4, -0.2) is 47.0 Å². The predicted octanol–water partition coefficient (Wildman–Crippen LogP) is 4.92.